The van der Waals surface area contributed by atoms with Crippen LogP contribution in [-0.2, 0) is 11.2 Å². The van der Waals surface area contributed by atoms with Gasteiger partial charge in [0.25, 0.3) is 0 Å². The average molecular weight is 350 g/mol. The Morgan fingerprint density at radius 3 is 2.46 bits per heavy atom. The van der Waals surface area contributed by atoms with E-state index in [1.807, 2.05) is 67.7 Å². The molecule has 0 aliphatic heterocycles. The lowest BCUT2D eigenvalue weighted by Crippen LogP contribution is -2.38. The molecule has 1 N–H and O–H groups in total. The van der Waals surface area contributed by atoms with E-state index in [1.165, 1.54) is 11.0 Å². The highest BCUT2D eigenvalue weighted by molar-refractivity contribution is 5.80. The van der Waals surface area contributed by atoms with Crippen molar-refractivity contribution in [3.63, 3.8) is 0 Å². The Hall–Kier alpha value is -3.22. The average Bonchev–Trinajstić information content (AvgIpc) is 3.22. The number of hydrogen-bond acceptors (Lipinski definition) is 5. The lowest BCUT2D eigenvalue weighted by molar-refractivity contribution is -0.124. The number of rotatable bonds is 8. The molecule has 134 valence electrons. The fraction of sp³-hybridized carbons (Fsp3) is 0.263. The number of benzene rings is 2. The van der Waals surface area contributed by atoms with Crippen molar-refractivity contribution >= 4 is 11.6 Å². The van der Waals surface area contributed by atoms with E-state index in [1.54, 1.807) is 0 Å². The first-order valence-corrected chi connectivity index (χ1v) is 8.54. The molecule has 7 heteroatoms. The first-order chi connectivity index (χ1) is 12.7. The zero-order chi connectivity index (χ0) is 18.2. The number of tetrazole rings is 1. The number of para-hydroxylation sites is 1. The maximum absolute atomic E-state index is 12.7. The number of likely N-dealkylation sites (N-methyl/N-ethyl adjacent to an activating group) is 1. The maximum Gasteiger partial charge on any atom is 0.245 e. The number of anilines is 1. The Balaban J connectivity index is 1.59. The Morgan fingerprint density at radius 2 is 1.81 bits per heavy atom. The van der Waals surface area contributed by atoms with Crippen molar-refractivity contribution in [1.82, 2.24) is 25.5 Å². The second kappa shape index (κ2) is 8.75. The number of nitrogens with one attached hydrogen (secondary N) is 1. The van der Waals surface area contributed by atoms with Crippen LogP contribution in [0.5, 0.6) is 0 Å². The van der Waals surface area contributed by atoms with E-state index in [-0.39, 0.29) is 5.91 Å². The third kappa shape index (κ3) is 4.66. The summed E-state index contributed by atoms with van der Waals surface area (Å²) in [5.74, 6) is -0.0948. The summed E-state index contributed by atoms with van der Waals surface area (Å²) in [6.45, 7) is 1.25. The van der Waals surface area contributed by atoms with Crippen LogP contribution in [0.4, 0.5) is 5.69 Å². The standard InChI is InChI=1S/C19H22N6O/c1-24(17-10-6-3-7-11-17)13-12-20-19(26)18(25-15-21-22-23-25)14-16-8-4-2-5-9-16/h2-11,15,18H,12-14H2,1H3,(H,20,26). The third-order valence-electron chi connectivity index (χ3n) is 4.20. The van der Waals surface area contributed by atoms with Crippen LogP contribution >= 0.6 is 0 Å². The van der Waals surface area contributed by atoms with Gasteiger partial charge in [-0.15, -0.1) is 5.10 Å². The lowest BCUT2D eigenvalue weighted by atomic mass is 10.1. The zero-order valence-corrected chi connectivity index (χ0v) is 14.7. The molecule has 3 rings (SSSR count). The van der Waals surface area contributed by atoms with Crippen LogP contribution in [0.1, 0.15) is 11.6 Å². The van der Waals surface area contributed by atoms with Crippen LogP contribution in [0.25, 0.3) is 0 Å². The topological polar surface area (TPSA) is 75.9 Å². The van der Waals surface area contributed by atoms with E-state index >= 15 is 0 Å². The van der Waals surface area contributed by atoms with Crippen LogP contribution in [0.15, 0.2) is 67.0 Å². The van der Waals surface area contributed by atoms with Crippen LogP contribution in [-0.4, -0.2) is 46.3 Å². The predicted octanol–water partition coefficient (Wildman–Crippen LogP) is 1.71. The molecule has 0 aliphatic carbocycles. The summed E-state index contributed by atoms with van der Waals surface area (Å²) in [5.41, 5.74) is 2.17. The van der Waals surface area contributed by atoms with E-state index in [4.69, 9.17) is 0 Å². The molecular weight excluding hydrogens is 328 g/mol. The van der Waals surface area contributed by atoms with Crippen molar-refractivity contribution < 1.29 is 4.79 Å². The molecule has 0 aliphatic rings. The highest BCUT2D eigenvalue weighted by Gasteiger charge is 2.22. The minimum atomic E-state index is -0.477. The van der Waals surface area contributed by atoms with Gasteiger partial charge in [-0.1, -0.05) is 48.5 Å². The van der Waals surface area contributed by atoms with E-state index < -0.39 is 6.04 Å². The van der Waals surface area contributed by atoms with Crippen molar-refractivity contribution in [2.24, 2.45) is 0 Å². The van der Waals surface area contributed by atoms with Gasteiger partial charge in [0.15, 0.2) is 0 Å². The van der Waals surface area contributed by atoms with Gasteiger partial charge in [-0.05, 0) is 28.1 Å². The first-order valence-electron chi connectivity index (χ1n) is 8.54. The van der Waals surface area contributed by atoms with Crippen molar-refractivity contribution in [3.05, 3.63) is 72.6 Å². The lowest BCUT2D eigenvalue weighted by Gasteiger charge is -2.21. The van der Waals surface area contributed by atoms with Gasteiger partial charge in [0.1, 0.15) is 12.4 Å². The van der Waals surface area contributed by atoms with Gasteiger partial charge in [-0.25, -0.2) is 4.68 Å². The molecule has 0 radical (unpaired) electrons. The van der Waals surface area contributed by atoms with Gasteiger partial charge in [0.05, 0.1) is 0 Å². The molecule has 0 bridgehead atoms. The molecule has 1 atom stereocenters. The van der Waals surface area contributed by atoms with Crippen LogP contribution < -0.4 is 10.2 Å². The van der Waals surface area contributed by atoms with Gasteiger partial charge in [0, 0.05) is 32.2 Å². The molecule has 0 saturated carbocycles. The quantitative estimate of drug-likeness (QED) is 0.669. The minimum absolute atomic E-state index is 0.0948. The second-order valence-electron chi connectivity index (χ2n) is 6.04. The number of nitrogens with zero attached hydrogens (tertiary/aromatic N) is 5. The van der Waals surface area contributed by atoms with E-state index in [0.717, 1.165) is 11.3 Å². The smallest absolute Gasteiger partial charge is 0.245 e. The Kier molecular flexibility index (Phi) is 5.92. The Morgan fingerprint density at radius 1 is 1.12 bits per heavy atom. The summed E-state index contributed by atoms with van der Waals surface area (Å²) in [7, 11) is 2.00. The molecule has 0 spiro atoms. The molecular formula is C19H22N6O. The number of carbonyl (C=O) groups excluding carboxylic acids is 1. The molecule has 1 unspecified atom stereocenters. The third-order valence-corrected chi connectivity index (χ3v) is 4.20. The molecule has 0 saturated heterocycles. The minimum Gasteiger partial charge on any atom is -0.373 e. The van der Waals surface area contributed by atoms with Crippen molar-refractivity contribution in [1.29, 1.82) is 0 Å². The molecule has 1 aromatic heterocycles. The fourth-order valence-electron chi connectivity index (χ4n) is 2.73. The second-order valence-corrected chi connectivity index (χ2v) is 6.04. The van der Waals surface area contributed by atoms with Crippen molar-refractivity contribution in [2.75, 3.05) is 25.0 Å². The molecule has 26 heavy (non-hydrogen) atoms. The fourth-order valence-corrected chi connectivity index (χ4v) is 2.73. The highest BCUT2D eigenvalue weighted by Crippen LogP contribution is 2.13. The molecule has 2 aromatic carbocycles. The summed E-state index contributed by atoms with van der Waals surface area (Å²) in [6.07, 6.45) is 2.01. The molecule has 0 fully saturated rings. The van der Waals surface area contributed by atoms with Crippen LogP contribution in [0, 0.1) is 0 Å². The summed E-state index contributed by atoms with van der Waals surface area (Å²) in [4.78, 5) is 14.8. The zero-order valence-electron chi connectivity index (χ0n) is 14.7. The summed E-state index contributed by atoms with van der Waals surface area (Å²) in [5, 5.41) is 14.2. The number of carbonyl (C=O) groups is 1. The number of aromatic nitrogens is 4. The van der Waals surface area contributed by atoms with E-state index in [0.29, 0.717) is 19.5 Å². The van der Waals surface area contributed by atoms with Gasteiger partial charge in [-0.3, -0.25) is 4.79 Å². The molecule has 1 amide bonds. The SMILES string of the molecule is CN(CCNC(=O)C(Cc1ccccc1)n1cnnn1)c1ccccc1. The summed E-state index contributed by atoms with van der Waals surface area (Å²) in [6, 6.07) is 19.4. The monoisotopic (exact) mass is 350 g/mol. The number of amides is 1. The molecule has 3 aromatic rings. The summed E-state index contributed by atoms with van der Waals surface area (Å²) < 4.78 is 1.50. The van der Waals surface area contributed by atoms with E-state index in [9.17, 15) is 4.79 Å². The maximum atomic E-state index is 12.7. The highest BCUT2D eigenvalue weighted by atomic mass is 16.2. The largest absolute Gasteiger partial charge is 0.373 e. The van der Waals surface area contributed by atoms with Gasteiger partial charge in [0.2, 0.25) is 5.91 Å². The molecule has 1 heterocycles. The van der Waals surface area contributed by atoms with Crippen molar-refractivity contribution in [2.45, 2.75) is 12.5 Å². The number of hydrogen-bond donors (Lipinski definition) is 1. The molecule has 7 nitrogen and oxygen atoms in total. The van der Waals surface area contributed by atoms with Gasteiger partial charge >= 0.3 is 0 Å². The predicted molar refractivity (Wildman–Crippen MR) is 99.7 cm³/mol. The Bertz CT molecular complexity index is 791. The van der Waals surface area contributed by atoms with Gasteiger partial charge < -0.3 is 10.2 Å². The van der Waals surface area contributed by atoms with Crippen LogP contribution in [0.3, 0.4) is 0 Å². The summed E-state index contributed by atoms with van der Waals surface area (Å²) >= 11 is 0. The van der Waals surface area contributed by atoms with Crippen molar-refractivity contribution in [3.8, 4) is 0 Å². The van der Waals surface area contributed by atoms with E-state index in [2.05, 4.69) is 25.7 Å². The van der Waals surface area contributed by atoms with Gasteiger partial charge in [-0.2, -0.15) is 0 Å². The van der Waals surface area contributed by atoms with Crippen LogP contribution in [0.2, 0.25) is 0 Å². The Labute approximate surface area is 152 Å². The normalized spacial score (nSPS) is 11.7. The first kappa shape index (κ1) is 17.6.